The SMILES string of the molecule is CCOC(=O)c1ccc(NC(=O)CCN(C(C)=O)c2cc(C)cc(C)c2)cc1. The smallest absolute Gasteiger partial charge is 0.338 e. The fraction of sp³-hybridized carbons (Fsp3) is 0.318. The number of aryl methyl sites for hydroxylation is 2. The van der Waals surface area contributed by atoms with Crippen LogP contribution in [0.5, 0.6) is 0 Å². The highest BCUT2D eigenvalue weighted by atomic mass is 16.5. The predicted molar refractivity (Wildman–Crippen MR) is 110 cm³/mol. The maximum absolute atomic E-state index is 12.3. The zero-order chi connectivity index (χ0) is 20.7. The maximum Gasteiger partial charge on any atom is 0.338 e. The summed E-state index contributed by atoms with van der Waals surface area (Å²) in [6.45, 7) is 7.77. The number of amides is 2. The lowest BCUT2D eigenvalue weighted by atomic mass is 10.1. The van der Waals surface area contributed by atoms with Crippen LogP contribution in [0.2, 0.25) is 0 Å². The molecule has 0 aliphatic carbocycles. The van der Waals surface area contributed by atoms with Crippen LogP contribution in [0.4, 0.5) is 11.4 Å². The molecule has 2 aromatic carbocycles. The molecule has 28 heavy (non-hydrogen) atoms. The van der Waals surface area contributed by atoms with Gasteiger partial charge in [0.05, 0.1) is 12.2 Å². The summed E-state index contributed by atoms with van der Waals surface area (Å²) in [5, 5.41) is 2.78. The Morgan fingerprint density at radius 2 is 1.61 bits per heavy atom. The summed E-state index contributed by atoms with van der Waals surface area (Å²) in [4.78, 5) is 37.6. The molecule has 0 unspecified atom stereocenters. The molecule has 2 amide bonds. The molecule has 0 bridgehead atoms. The molecule has 0 aromatic heterocycles. The van der Waals surface area contributed by atoms with Gasteiger partial charge in [-0.1, -0.05) is 6.07 Å². The zero-order valence-corrected chi connectivity index (χ0v) is 16.7. The summed E-state index contributed by atoms with van der Waals surface area (Å²) in [5.41, 5.74) is 3.92. The van der Waals surface area contributed by atoms with Gasteiger partial charge in [-0.05, 0) is 68.3 Å². The van der Waals surface area contributed by atoms with Crippen molar-refractivity contribution in [1.29, 1.82) is 0 Å². The predicted octanol–water partition coefficient (Wildman–Crippen LogP) is 3.86. The number of hydrogen-bond donors (Lipinski definition) is 1. The molecule has 0 spiro atoms. The van der Waals surface area contributed by atoms with Crippen LogP contribution >= 0.6 is 0 Å². The lowest BCUT2D eigenvalue weighted by molar-refractivity contribution is -0.117. The molecule has 2 aromatic rings. The van der Waals surface area contributed by atoms with E-state index >= 15 is 0 Å². The van der Waals surface area contributed by atoms with Gasteiger partial charge in [-0.15, -0.1) is 0 Å². The standard InChI is InChI=1S/C22H26N2O4/c1-5-28-22(27)18-6-8-19(9-7-18)23-21(26)10-11-24(17(4)25)20-13-15(2)12-16(3)14-20/h6-9,12-14H,5,10-11H2,1-4H3,(H,23,26). The number of rotatable bonds is 7. The van der Waals surface area contributed by atoms with Gasteiger partial charge < -0.3 is 15.0 Å². The van der Waals surface area contributed by atoms with Gasteiger partial charge in [0.15, 0.2) is 0 Å². The van der Waals surface area contributed by atoms with Crippen LogP contribution in [0.15, 0.2) is 42.5 Å². The highest BCUT2D eigenvalue weighted by molar-refractivity contribution is 5.95. The highest BCUT2D eigenvalue weighted by Gasteiger charge is 2.14. The Kier molecular flexibility index (Phi) is 7.32. The normalized spacial score (nSPS) is 10.3. The van der Waals surface area contributed by atoms with E-state index in [1.165, 1.54) is 6.92 Å². The monoisotopic (exact) mass is 382 g/mol. The van der Waals surface area contributed by atoms with E-state index in [1.807, 2.05) is 32.0 Å². The van der Waals surface area contributed by atoms with Gasteiger partial charge in [-0.25, -0.2) is 4.79 Å². The Balaban J connectivity index is 1.98. The van der Waals surface area contributed by atoms with E-state index in [9.17, 15) is 14.4 Å². The number of esters is 1. The maximum atomic E-state index is 12.3. The topological polar surface area (TPSA) is 75.7 Å². The lowest BCUT2D eigenvalue weighted by Crippen LogP contribution is -2.32. The summed E-state index contributed by atoms with van der Waals surface area (Å²) in [7, 11) is 0. The average molecular weight is 382 g/mol. The van der Waals surface area contributed by atoms with Crippen molar-refractivity contribution in [2.24, 2.45) is 0 Å². The van der Waals surface area contributed by atoms with Gasteiger partial charge in [0, 0.05) is 31.3 Å². The molecule has 0 saturated heterocycles. The van der Waals surface area contributed by atoms with Crippen LogP contribution in [-0.4, -0.2) is 30.9 Å². The van der Waals surface area contributed by atoms with Gasteiger partial charge in [-0.2, -0.15) is 0 Å². The van der Waals surface area contributed by atoms with Crippen molar-refractivity contribution < 1.29 is 19.1 Å². The third-order valence-electron chi connectivity index (χ3n) is 4.14. The van der Waals surface area contributed by atoms with Crippen molar-refractivity contribution in [3.63, 3.8) is 0 Å². The summed E-state index contributed by atoms with van der Waals surface area (Å²) >= 11 is 0. The van der Waals surface area contributed by atoms with Gasteiger partial charge in [-0.3, -0.25) is 9.59 Å². The molecule has 0 heterocycles. The van der Waals surface area contributed by atoms with Gasteiger partial charge in [0.1, 0.15) is 0 Å². The summed E-state index contributed by atoms with van der Waals surface area (Å²) in [6, 6.07) is 12.4. The third-order valence-corrected chi connectivity index (χ3v) is 4.14. The van der Waals surface area contributed by atoms with Crippen LogP contribution < -0.4 is 10.2 Å². The van der Waals surface area contributed by atoms with Crippen molar-refractivity contribution >= 4 is 29.2 Å². The molecular formula is C22H26N2O4. The van der Waals surface area contributed by atoms with E-state index in [4.69, 9.17) is 4.74 Å². The third kappa shape index (κ3) is 5.94. The second-order valence-electron chi connectivity index (χ2n) is 6.61. The molecular weight excluding hydrogens is 356 g/mol. The minimum Gasteiger partial charge on any atom is -0.462 e. The summed E-state index contributed by atoms with van der Waals surface area (Å²) in [5.74, 6) is -0.720. The van der Waals surface area contributed by atoms with E-state index in [2.05, 4.69) is 5.32 Å². The van der Waals surface area contributed by atoms with Crippen molar-refractivity contribution in [2.45, 2.75) is 34.1 Å². The number of nitrogens with zero attached hydrogens (tertiary/aromatic N) is 1. The second kappa shape index (κ2) is 9.69. The molecule has 6 nitrogen and oxygen atoms in total. The molecule has 0 fully saturated rings. The molecule has 148 valence electrons. The molecule has 0 saturated carbocycles. The number of anilines is 2. The number of benzene rings is 2. The van der Waals surface area contributed by atoms with Crippen molar-refractivity contribution in [3.8, 4) is 0 Å². The van der Waals surface area contributed by atoms with Crippen molar-refractivity contribution in [3.05, 3.63) is 59.2 Å². The average Bonchev–Trinajstić information content (AvgIpc) is 2.61. The fourth-order valence-electron chi connectivity index (χ4n) is 2.92. The molecule has 2 rings (SSSR count). The Bertz CT molecular complexity index is 839. The Hall–Kier alpha value is -3.15. The van der Waals surface area contributed by atoms with Crippen LogP contribution in [0.25, 0.3) is 0 Å². The Morgan fingerprint density at radius 3 is 2.14 bits per heavy atom. The minimum atomic E-state index is -0.397. The molecule has 0 aliphatic heterocycles. The van der Waals surface area contributed by atoms with Crippen molar-refractivity contribution in [2.75, 3.05) is 23.4 Å². The Labute approximate surface area is 165 Å². The van der Waals surface area contributed by atoms with Gasteiger partial charge >= 0.3 is 5.97 Å². The quantitative estimate of drug-likeness (QED) is 0.738. The number of carbonyl (C=O) groups excluding carboxylic acids is 3. The van der Waals surface area contributed by atoms with Crippen LogP contribution in [0.1, 0.15) is 41.8 Å². The number of carbonyl (C=O) groups is 3. The van der Waals surface area contributed by atoms with E-state index in [-0.39, 0.29) is 24.8 Å². The van der Waals surface area contributed by atoms with Crippen LogP contribution in [0, 0.1) is 13.8 Å². The summed E-state index contributed by atoms with van der Waals surface area (Å²) < 4.78 is 4.93. The second-order valence-corrected chi connectivity index (χ2v) is 6.61. The highest BCUT2D eigenvalue weighted by Crippen LogP contribution is 2.19. The molecule has 0 atom stereocenters. The van der Waals surface area contributed by atoms with Crippen LogP contribution in [0.3, 0.4) is 0 Å². The number of hydrogen-bond acceptors (Lipinski definition) is 4. The lowest BCUT2D eigenvalue weighted by Gasteiger charge is -2.22. The molecule has 0 radical (unpaired) electrons. The fourth-order valence-corrected chi connectivity index (χ4v) is 2.92. The van der Waals surface area contributed by atoms with E-state index < -0.39 is 5.97 Å². The van der Waals surface area contributed by atoms with E-state index in [0.29, 0.717) is 17.9 Å². The molecule has 0 aliphatic rings. The first kappa shape index (κ1) is 21.2. The largest absolute Gasteiger partial charge is 0.462 e. The van der Waals surface area contributed by atoms with Gasteiger partial charge in [0.2, 0.25) is 11.8 Å². The Morgan fingerprint density at radius 1 is 1.00 bits per heavy atom. The summed E-state index contributed by atoms with van der Waals surface area (Å²) in [6.07, 6.45) is 0.159. The number of ether oxygens (including phenoxy) is 1. The van der Waals surface area contributed by atoms with Crippen molar-refractivity contribution in [1.82, 2.24) is 0 Å². The first-order valence-electron chi connectivity index (χ1n) is 9.23. The minimum absolute atomic E-state index is 0.114. The van der Waals surface area contributed by atoms with E-state index in [1.54, 1.807) is 36.1 Å². The molecule has 1 N–H and O–H groups in total. The first-order valence-corrected chi connectivity index (χ1v) is 9.23. The van der Waals surface area contributed by atoms with Gasteiger partial charge in [0.25, 0.3) is 0 Å². The number of nitrogens with one attached hydrogen (secondary N) is 1. The first-order chi connectivity index (χ1) is 13.3. The van der Waals surface area contributed by atoms with E-state index in [0.717, 1.165) is 16.8 Å². The molecule has 6 heteroatoms. The zero-order valence-electron chi connectivity index (χ0n) is 16.7. The van der Waals surface area contributed by atoms with Crippen LogP contribution in [-0.2, 0) is 14.3 Å².